The summed E-state index contributed by atoms with van der Waals surface area (Å²) in [5, 5.41) is 7.66. The number of fused-ring (bicyclic) bond motifs is 1. The van der Waals surface area contributed by atoms with Crippen molar-refractivity contribution in [1.29, 1.82) is 0 Å². The summed E-state index contributed by atoms with van der Waals surface area (Å²) in [6, 6.07) is 2.49. The van der Waals surface area contributed by atoms with Crippen LogP contribution in [0.5, 0.6) is 0 Å². The molecule has 156 valence electrons. The zero-order valence-corrected chi connectivity index (χ0v) is 16.9. The second kappa shape index (κ2) is 6.73. The lowest BCUT2D eigenvalue weighted by atomic mass is 10.1. The average Bonchev–Trinajstić information content (AvgIpc) is 3.07. The molecule has 7 nitrogen and oxygen atoms in total. The van der Waals surface area contributed by atoms with E-state index in [0.29, 0.717) is 37.4 Å². The molecule has 0 spiro atoms. The minimum atomic E-state index is -3.43. The number of piperidine rings is 1. The molecular formula is C19H23F2N5O2S. The van der Waals surface area contributed by atoms with Crippen LogP contribution in [0.4, 0.5) is 14.5 Å². The summed E-state index contributed by atoms with van der Waals surface area (Å²) in [4.78, 5) is 1.87. The Morgan fingerprint density at radius 2 is 1.79 bits per heavy atom. The fourth-order valence-electron chi connectivity index (χ4n) is 4.96. The number of hydrogen-bond acceptors (Lipinski definition) is 5. The molecule has 3 aliphatic rings. The molecule has 1 aromatic carbocycles. The monoisotopic (exact) mass is 423 g/mol. The Morgan fingerprint density at radius 3 is 2.45 bits per heavy atom. The zero-order valence-electron chi connectivity index (χ0n) is 16.1. The van der Waals surface area contributed by atoms with Crippen LogP contribution in [0.1, 0.15) is 31.4 Å². The molecule has 3 heterocycles. The first kappa shape index (κ1) is 18.9. The molecule has 2 saturated heterocycles. The van der Waals surface area contributed by atoms with Crippen LogP contribution in [0, 0.1) is 23.5 Å². The van der Waals surface area contributed by atoms with E-state index in [-0.39, 0.29) is 29.6 Å². The molecule has 0 unspecified atom stereocenters. The number of rotatable bonds is 4. The molecule has 0 radical (unpaired) electrons. The van der Waals surface area contributed by atoms with Gasteiger partial charge in [-0.25, -0.2) is 17.2 Å². The molecule has 1 aromatic heterocycles. The summed E-state index contributed by atoms with van der Waals surface area (Å²) in [5.41, 5.74) is 0.325. The van der Waals surface area contributed by atoms with Crippen LogP contribution in [0.2, 0.25) is 0 Å². The first-order valence-corrected chi connectivity index (χ1v) is 11.5. The molecule has 2 aromatic rings. The molecule has 4 atom stereocenters. The van der Waals surface area contributed by atoms with Gasteiger partial charge in [-0.15, -0.1) is 10.2 Å². The third-order valence-electron chi connectivity index (χ3n) is 6.59. The Bertz CT molecular complexity index is 1020. The predicted octanol–water partition coefficient (Wildman–Crippen LogP) is 2.18. The van der Waals surface area contributed by atoms with E-state index in [0.717, 1.165) is 12.5 Å². The summed E-state index contributed by atoms with van der Waals surface area (Å²) < 4.78 is 57.6. The van der Waals surface area contributed by atoms with Crippen LogP contribution in [-0.2, 0) is 16.6 Å². The minimum Gasteiger partial charge on any atom is -0.368 e. The normalized spacial score (nSPS) is 31.1. The zero-order chi connectivity index (χ0) is 20.3. The van der Waals surface area contributed by atoms with Gasteiger partial charge in [-0.05, 0) is 25.8 Å². The van der Waals surface area contributed by atoms with Crippen LogP contribution in [0.15, 0.2) is 24.8 Å². The van der Waals surface area contributed by atoms with Gasteiger partial charge in [0.1, 0.15) is 24.3 Å². The Hall–Kier alpha value is -2.07. The molecule has 10 heteroatoms. The molecule has 2 aliphatic heterocycles. The first-order chi connectivity index (χ1) is 13.8. The summed E-state index contributed by atoms with van der Waals surface area (Å²) in [7, 11) is -3.43. The lowest BCUT2D eigenvalue weighted by Gasteiger charge is -2.32. The van der Waals surface area contributed by atoms with Gasteiger partial charge in [0.15, 0.2) is 0 Å². The fourth-order valence-corrected chi connectivity index (χ4v) is 6.71. The number of anilines is 1. The van der Waals surface area contributed by atoms with Gasteiger partial charge >= 0.3 is 0 Å². The number of nitrogens with zero attached hydrogens (tertiary/aromatic N) is 5. The number of hydrogen-bond donors (Lipinski definition) is 0. The number of sulfonamides is 1. The minimum absolute atomic E-state index is 0.0592. The number of aromatic nitrogens is 3. The maximum atomic E-state index is 14.8. The topological polar surface area (TPSA) is 71.3 Å². The highest BCUT2D eigenvalue weighted by atomic mass is 32.2. The highest BCUT2D eigenvalue weighted by Gasteiger charge is 2.57. The third kappa shape index (κ3) is 3.22. The SMILES string of the molecule is C[C@H]1CCCS(=O)(=O)N1Cc1cc(F)c(N2C[C@@H]3[C@H](C2)[C@@H]3n2cnnc2)cc1F. The van der Waals surface area contributed by atoms with Crippen molar-refractivity contribution in [1.82, 2.24) is 19.1 Å². The fraction of sp³-hybridized carbons (Fsp3) is 0.579. The van der Waals surface area contributed by atoms with Crippen LogP contribution in [0.25, 0.3) is 0 Å². The standard InChI is InChI=1S/C19H23F2N5O2S/c1-12-3-2-4-29(27,28)26(12)7-13-5-17(21)18(6-16(13)20)24-8-14-15(9-24)19(14)25-10-22-23-11-25/h5-6,10-12,14-15,19H,2-4,7-9H2,1H3/t12-,14-,15+,19-/m0/s1. The van der Waals surface area contributed by atoms with E-state index in [1.54, 1.807) is 12.7 Å². The number of halogens is 2. The average molecular weight is 423 g/mol. The summed E-state index contributed by atoms with van der Waals surface area (Å²) in [6.45, 7) is 2.98. The van der Waals surface area contributed by atoms with Crippen LogP contribution < -0.4 is 4.90 Å². The van der Waals surface area contributed by atoms with Gasteiger partial charge in [0.2, 0.25) is 10.0 Å². The highest BCUT2D eigenvalue weighted by molar-refractivity contribution is 7.89. The molecule has 0 N–H and O–H groups in total. The van der Waals surface area contributed by atoms with Crippen molar-refractivity contribution in [3.05, 3.63) is 42.0 Å². The van der Waals surface area contributed by atoms with Crippen LogP contribution >= 0.6 is 0 Å². The van der Waals surface area contributed by atoms with Crippen molar-refractivity contribution < 1.29 is 17.2 Å². The Balaban J connectivity index is 1.32. The maximum absolute atomic E-state index is 14.8. The first-order valence-electron chi connectivity index (χ1n) is 9.91. The third-order valence-corrected chi connectivity index (χ3v) is 8.59. The van der Waals surface area contributed by atoms with Gasteiger partial charge in [-0.3, -0.25) is 0 Å². The van der Waals surface area contributed by atoms with Crippen molar-refractivity contribution in [3.63, 3.8) is 0 Å². The van der Waals surface area contributed by atoms with Crippen LogP contribution in [-0.4, -0.2) is 52.4 Å². The van der Waals surface area contributed by atoms with Gasteiger partial charge in [0.25, 0.3) is 0 Å². The largest absolute Gasteiger partial charge is 0.368 e. The van der Waals surface area contributed by atoms with Crippen molar-refractivity contribution >= 4 is 15.7 Å². The molecule has 29 heavy (non-hydrogen) atoms. The van der Waals surface area contributed by atoms with E-state index in [4.69, 9.17) is 0 Å². The van der Waals surface area contributed by atoms with E-state index in [1.807, 2.05) is 16.4 Å². The van der Waals surface area contributed by atoms with Gasteiger partial charge in [0, 0.05) is 55.2 Å². The molecule has 0 bridgehead atoms. The van der Waals surface area contributed by atoms with Crippen molar-refractivity contribution in [2.45, 2.75) is 38.4 Å². The van der Waals surface area contributed by atoms with Gasteiger partial charge in [-0.2, -0.15) is 4.31 Å². The molecule has 0 amide bonds. The van der Waals surface area contributed by atoms with E-state index < -0.39 is 21.7 Å². The van der Waals surface area contributed by atoms with E-state index >= 15 is 0 Å². The van der Waals surface area contributed by atoms with Gasteiger partial charge < -0.3 is 9.47 Å². The van der Waals surface area contributed by atoms with Gasteiger partial charge in [0.05, 0.1) is 11.4 Å². The predicted molar refractivity (Wildman–Crippen MR) is 103 cm³/mol. The Kier molecular flexibility index (Phi) is 4.39. The summed E-state index contributed by atoms with van der Waals surface area (Å²) in [5.74, 6) is -0.250. The van der Waals surface area contributed by atoms with E-state index in [2.05, 4.69) is 10.2 Å². The molecular weight excluding hydrogens is 400 g/mol. The lowest BCUT2D eigenvalue weighted by Crippen LogP contribution is -2.43. The van der Waals surface area contributed by atoms with Gasteiger partial charge in [-0.1, -0.05) is 0 Å². The number of benzene rings is 1. The smallest absolute Gasteiger partial charge is 0.214 e. The van der Waals surface area contributed by atoms with Crippen LogP contribution in [0.3, 0.4) is 0 Å². The summed E-state index contributed by atoms with van der Waals surface area (Å²) in [6.07, 6.45) is 4.71. The Labute approximate surface area is 168 Å². The van der Waals surface area contributed by atoms with E-state index in [9.17, 15) is 17.2 Å². The quantitative estimate of drug-likeness (QED) is 0.754. The molecule has 1 saturated carbocycles. The lowest BCUT2D eigenvalue weighted by molar-refractivity contribution is 0.293. The molecule has 3 fully saturated rings. The van der Waals surface area contributed by atoms with E-state index in [1.165, 1.54) is 10.4 Å². The maximum Gasteiger partial charge on any atom is 0.214 e. The second-order valence-electron chi connectivity index (χ2n) is 8.38. The molecule has 5 rings (SSSR count). The van der Waals surface area contributed by atoms with Crippen molar-refractivity contribution in [2.24, 2.45) is 11.8 Å². The summed E-state index contributed by atoms with van der Waals surface area (Å²) >= 11 is 0. The highest BCUT2D eigenvalue weighted by Crippen LogP contribution is 2.55. The Morgan fingerprint density at radius 1 is 1.10 bits per heavy atom. The second-order valence-corrected chi connectivity index (χ2v) is 10.4. The van der Waals surface area contributed by atoms with Crippen molar-refractivity contribution in [3.8, 4) is 0 Å². The van der Waals surface area contributed by atoms with Crippen molar-refractivity contribution in [2.75, 3.05) is 23.7 Å². The molecule has 1 aliphatic carbocycles.